The lowest BCUT2D eigenvalue weighted by Crippen LogP contribution is -2.39. The molecule has 0 unspecified atom stereocenters. The molecule has 2 aromatic heterocycles. The molecule has 1 atom stereocenters. The second-order valence-corrected chi connectivity index (χ2v) is 8.26. The molecule has 2 amide bonds. The lowest BCUT2D eigenvalue weighted by atomic mass is 9.96. The Morgan fingerprint density at radius 2 is 2.00 bits per heavy atom. The van der Waals surface area contributed by atoms with E-state index in [1.165, 1.54) is 0 Å². The molecule has 1 N–H and O–H groups in total. The predicted molar refractivity (Wildman–Crippen MR) is 115 cm³/mol. The lowest BCUT2D eigenvalue weighted by molar-refractivity contribution is -0.130. The molecule has 9 heteroatoms. The first kappa shape index (κ1) is 21.3. The Labute approximate surface area is 182 Å². The van der Waals surface area contributed by atoms with Gasteiger partial charge in [-0.3, -0.25) is 9.59 Å². The van der Waals surface area contributed by atoms with Gasteiger partial charge in [0.1, 0.15) is 11.6 Å². The molecular formula is C22H30N6O3. The molecule has 0 spiro atoms. The molecule has 0 aromatic carbocycles. The summed E-state index contributed by atoms with van der Waals surface area (Å²) in [5.74, 6) is 2.48. The average Bonchev–Trinajstić information content (AvgIpc) is 3.18. The predicted octanol–water partition coefficient (Wildman–Crippen LogP) is 2.30. The Hall–Kier alpha value is -2.97. The van der Waals surface area contributed by atoms with E-state index in [0.29, 0.717) is 49.8 Å². The number of piperidine rings is 1. The number of amides is 2. The molecule has 1 fully saturated rings. The first-order valence-corrected chi connectivity index (χ1v) is 11.0. The largest absolute Gasteiger partial charge is 0.435 e. The van der Waals surface area contributed by atoms with Crippen LogP contribution in [-0.2, 0) is 24.2 Å². The maximum Gasteiger partial charge on any atom is 0.291 e. The molecule has 0 saturated carbocycles. The quantitative estimate of drug-likeness (QED) is 0.800. The van der Waals surface area contributed by atoms with Crippen LogP contribution in [-0.4, -0.2) is 63.2 Å². The van der Waals surface area contributed by atoms with E-state index in [9.17, 15) is 9.59 Å². The van der Waals surface area contributed by atoms with Crippen molar-refractivity contribution in [3.63, 3.8) is 0 Å². The molecule has 0 radical (unpaired) electrons. The van der Waals surface area contributed by atoms with Crippen molar-refractivity contribution < 1.29 is 14.0 Å². The zero-order chi connectivity index (χ0) is 22.1. The average molecular weight is 427 g/mol. The standard InChI is InChI=1S/C22H30N6O3/c1-5-18-24-13(2)19(31-18)22(30)28-10-8-16-17(12-28)25-20(26-21(16)23-4)15-7-6-9-27(11-15)14(3)29/h15H,5-12H2,1-4H3,(H,23,25,26)/t15-/m0/s1. The molecular weight excluding hydrogens is 396 g/mol. The number of hydrogen-bond donors (Lipinski definition) is 1. The normalized spacial score (nSPS) is 18.6. The van der Waals surface area contributed by atoms with E-state index < -0.39 is 0 Å². The Morgan fingerprint density at radius 3 is 2.68 bits per heavy atom. The van der Waals surface area contributed by atoms with Gasteiger partial charge in [0.2, 0.25) is 11.7 Å². The van der Waals surface area contributed by atoms with Crippen molar-refractivity contribution in [1.29, 1.82) is 0 Å². The minimum atomic E-state index is -0.151. The van der Waals surface area contributed by atoms with Crippen molar-refractivity contribution in [3.8, 4) is 0 Å². The van der Waals surface area contributed by atoms with E-state index in [2.05, 4.69) is 10.3 Å². The fourth-order valence-corrected chi connectivity index (χ4v) is 4.43. The van der Waals surface area contributed by atoms with E-state index in [1.54, 1.807) is 18.7 Å². The zero-order valence-corrected chi connectivity index (χ0v) is 18.7. The highest BCUT2D eigenvalue weighted by molar-refractivity contribution is 5.92. The molecule has 166 valence electrons. The molecule has 4 heterocycles. The highest BCUT2D eigenvalue weighted by atomic mass is 16.4. The summed E-state index contributed by atoms with van der Waals surface area (Å²) < 4.78 is 5.68. The molecule has 0 bridgehead atoms. The van der Waals surface area contributed by atoms with Crippen LogP contribution < -0.4 is 5.32 Å². The third-order valence-electron chi connectivity index (χ3n) is 6.18. The summed E-state index contributed by atoms with van der Waals surface area (Å²) in [5, 5.41) is 3.20. The SMILES string of the molecule is CCc1nc(C)c(C(=O)N2CCc3c(nc([C@H]4CCCN(C(C)=O)C4)nc3NC)C2)o1. The van der Waals surface area contributed by atoms with Gasteiger partial charge in [-0.25, -0.2) is 15.0 Å². The van der Waals surface area contributed by atoms with Crippen LogP contribution in [0.15, 0.2) is 4.42 Å². The van der Waals surface area contributed by atoms with Gasteiger partial charge >= 0.3 is 0 Å². The van der Waals surface area contributed by atoms with Crippen molar-refractivity contribution in [2.45, 2.75) is 58.9 Å². The van der Waals surface area contributed by atoms with Crippen LogP contribution in [0.2, 0.25) is 0 Å². The van der Waals surface area contributed by atoms with Crippen molar-refractivity contribution in [1.82, 2.24) is 24.8 Å². The van der Waals surface area contributed by atoms with E-state index in [1.807, 2.05) is 18.9 Å². The Bertz CT molecular complexity index is 1000. The highest BCUT2D eigenvalue weighted by Gasteiger charge is 2.31. The summed E-state index contributed by atoms with van der Waals surface area (Å²) in [4.78, 5) is 42.6. The van der Waals surface area contributed by atoms with Gasteiger partial charge in [-0.2, -0.15) is 0 Å². The molecule has 1 saturated heterocycles. The third kappa shape index (κ3) is 4.13. The topological polar surface area (TPSA) is 104 Å². The lowest BCUT2D eigenvalue weighted by Gasteiger charge is -2.33. The van der Waals surface area contributed by atoms with Gasteiger partial charge in [0, 0.05) is 51.5 Å². The van der Waals surface area contributed by atoms with Crippen LogP contribution in [0.3, 0.4) is 0 Å². The summed E-state index contributed by atoms with van der Waals surface area (Å²) >= 11 is 0. The number of rotatable bonds is 4. The number of aryl methyl sites for hydroxylation is 2. The number of nitrogens with one attached hydrogen (secondary N) is 1. The number of fused-ring (bicyclic) bond motifs is 1. The minimum Gasteiger partial charge on any atom is -0.435 e. The number of carbonyl (C=O) groups excluding carboxylic acids is 2. The van der Waals surface area contributed by atoms with Crippen molar-refractivity contribution >= 4 is 17.6 Å². The van der Waals surface area contributed by atoms with Crippen LogP contribution in [0.25, 0.3) is 0 Å². The van der Waals surface area contributed by atoms with Gasteiger partial charge in [0.05, 0.1) is 17.9 Å². The summed E-state index contributed by atoms with van der Waals surface area (Å²) in [6, 6.07) is 0. The molecule has 4 rings (SSSR count). The van der Waals surface area contributed by atoms with E-state index in [-0.39, 0.29) is 17.7 Å². The molecule has 9 nitrogen and oxygen atoms in total. The van der Waals surface area contributed by atoms with Crippen LogP contribution in [0.4, 0.5) is 5.82 Å². The number of nitrogens with zero attached hydrogens (tertiary/aromatic N) is 5. The van der Waals surface area contributed by atoms with E-state index in [0.717, 1.165) is 42.3 Å². The van der Waals surface area contributed by atoms with E-state index in [4.69, 9.17) is 14.4 Å². The van der Waals surface area contributed by atoms with Crippen molar-refractivity contribution in [3.05, 3.63) is 34.4 Å². The molecule has 31 heavy (non-hydrogen) atoms. The van der Waals surface area contributed by atoms with Crippen LogP contribution in [0.5, 0.6) is 0 Å². The van der Waals surface area contributed by atoms with Crippen molar-refractivity contribution in [2.24, 2.45) is 0 Å². The minimum absolute atomic E-state index is 0.0853. The van der Waals surface area contributed by atoms with Gasteiger partial charge in [0.25, 0.3) is 5.91 Å². The maximum absolute atomic E-state index is 13.1. The summed E-state index contributed by atoms with van der Waals surface area (Å²) in [7, 11) is 1.86. The van der Waals surface area contributed by atoms with Crippen LogP contribution in [0.1, 0.15) is 71.8 Å². The van der Waals surface area contributed by atoms with Gasteiger partial charge in [-0.15, -0.1) is 0 Å². The summed E-state index contributed by atoms with van der Waals surface area (Å²) in [5.41, 5.74) is 2.54. The van der Waals surface area contributed by atoms with Gasteiger partial charge in [-0.1, -0.05) is 6.92 Å². The Kier molecular flexibility index (Phi) is 5.93. The third-order valence-corrected chi connectivity index (χ3v) is 6.18. The highest BCUT2D eigenvalue weighted by Crippen LogP contribution is 2.30. The Balaban J connectivity index is 1.60. The number of anilines is 1. The van der Waals surface area contributed by atoms with E-state index >= 15 is 0 Å². The number of carbonyl (C=O) groups is 2. The van der Waals surface area contributed by atoms with Gasteiger partial charge in [-0.05, 0) is 26.2 Å². The number of oxazole rings is 1. The van der Waals surface area contributed by atoms with Gasteiger partial charge < -0.3 is 19.5 Å². The zero-order valence-electron chi connectivity index (χ0n) is 18.7. The molecule has 2 aromatic rings. The number of hydrogen-bond acceptors (Lipinski definition) is 7. The fourth-order valence-electron chi connectivity index (χ4n) is 4.43. The molecule has 2 aliphatic rings. The first-order chi connectivity index (χ1) is 14.9. The second-order valence-electron chi connectivity index (χ2n) is 8.26. The molecule has 2 aliphatic heterocycles. The summed E-state index contributed by atoms with van der Waals surface area (Å²) in [6.07, 6.45) is 3.22. The van der Waals surface area contributed by atoms with Gasteiger partial charge in [0.15, 0.2) is 5.89 Å². The summed E-state index contributed by atoms with van der Waals surface area (Å²) in [6.45, 7) is 7.76. The fraction of sp³-hybridized carbons (Fsp3) is 0.591. The second kappa shape index (κ2) is 8.64. The number of aromatic nitrogens is 3. The number of likely N-dealkylation sites (tertiary alicyclic amines) is 1. The molecule has 0 aliphatic carbocycles. The van der Waals surface area contributed by atoms with Crippen molar-refractivity contribution in [2.75, 3.05) is 32.0 Å². The smallest absolute Gasteiger partial charge is 0.291 e. The Morgan fingerprint density at radius 1 is 1.19 bits per heavy atom. The monoisotopic (exact) mass is 426 g/mol. The van der Waals surface area contributed by atoms with Crippen LogP contribution in [0, 0.1) is 6.92 Å². The van der Waals surface area contributed by atoms with Crippen LogP contribution >= 0.6 is 0 Å². The maximum atomic E-state index is 13.1. The first-order valence-electron chi connectivity index (χ1n) is 11.0.